The smallest absolute Gasteiger partial charge is 0.224 e. The molecule has 0 radical (unpaired) electrons. The fourth-order valence-corrected chi connectivity index (χ4v) is 3.76. The van der Waals surface area contributed by atoms with Crippen LogP contribution < -0.4 is 5.32 Å². The highest BCUT2D eigenvalue weighted by atomic mass is 16.1. The molecule has 2 aliphatic carbocycles. The van der Waals surface area contributed by atoms with E-state index in [0.29, 0.717) is 12.5 Å². The van der Waals surface area contributed by atoms with Crippen molar-refractivity contribution in [1.82, 2.24) is 5.32 Å². The van der Waals surface area contributed by atoms with E-state index in [1.165, 1.54) is 31.2 Å². The Labute approximate surface area is 115 Å². The van der Waals surface area contributed by atoms with Crippen molar-refractivity contribution in [3.63, 3.8) is 0 Å². The third-order valence-electron chi connectivity index (χ3n) is 4.88. The maximum absolute atomic E-state index is 12.1. The van der Waals surface area contributed by atoms with Gasteiger partial charge in [-0.15, -0.1) is 0 Å². The molecule has 19 heavy (non-hydrogen) atoms. The van der Waals surface area contributed by atoms with Crippen molar-refractivity contribution in [1.29, 1.82) is 0 Å². The molecule has 102 valence electrons. The van der Waals surface area contributed by atoms with Crippen LogP contribution in [-0.2, 0) is 17.6 Å². The second kappa shape index (κ2) is 5.36. The molecule has 3 atom stereocenters. The first kappa shape index (κ1) is 12.7. The number of carbonyl (C=O) groups excluding carboxylic acids is 1. The normalized spacial score (nSPS) is 28.6. The van der Waals surface area contributed by atoms with Crippen molar-refractivity contribution >= 4 is 5.91 Å². The fourth-order valence-electron chi connectivity index (χ4n) is 3.76. The first-order chi connectivity index (χ1) is 9.24. The summed E-state index contributed by atoms with van der Waals surface area (Å²) in [6, 6.07) is 8.87. The molecular formula is C17H23NO. The van der Waals surface area contributed by atoms with Crippen molar-refractivity contribution in [3.05, 3.63) is 35.4 Å². The van der Waals surface area contributed by atoms with Gasteiger partial charge in [-0.05, 0) is 48.6 Å². The van der Waals surface area contributed by atoms with Crippen LogP contribution in [0.25, 0.3) is 0 Å². The third-order valence-corrected chi connectivity index (χ3v) is 4.88. The minimum Gasteiger partial charge on any atom is -0.353 e. The lowest BCUT2D eigenvalue weighted by Gasteiger charge is -2.22. The minimum absolute atomic E-state index is 0.196. The number of nitrogens with one attached hydrogen (secondary N) is 1. The third kappa shape index (κ3) is 2.83. The Morgan fingerprint density at radius 1 is 1.16 bits per heavy atom. The summed E-state index contributed by atoms with van der Waals surface area (Å²) in [5, 5.41) is 3.25. The first-order valence-corrected chi connectivity index (χ1v) is 7.61. The molecule has 2 aliphatic rings. The first-order valence-electron chi connectivity index (χ1n) is 7.61. The summed E-state index contributed by atoms with van der Waals surface area (Å²) < 4.78 is 0. The lowest BCUT2D eigenvalue weighted by Crippen LogP contribution is -2.39. The van der Waals surface area contributed by atoms with Crippen LogP contribution in [0, 0.1) is 11.8 Å². The van der Waals surface area contributed by atoms with Gasteiger partial charge < -0.3 is 5.32 Å². The van der Waals surface area contributed by atoms with E-state index < -0.39 is 0 Å². The van der Waals surface area contributed by atoms with Gasteiger partial charge in [0.2, 0.25) is 5.91 Å². The van der Waals surface area contributed by atoms with Crippen LogP contribution in [0.3, 0.4) is 0 Å². The van der Waals surface area contributed by atoms with Crippen molar-refractivity contribution in [2.45, 2.75) is 51.5 Å². The Kier molecular flexibility index (Phi) is 3.58. The highest BCUT2D eigenvalue weighted by molar-refractivity contribution is 5.79. The Bertz CT molecular complexity index is 451. The molecule has 0 aromatic heterocycles. The average Bonchev–Trinajstić information content (AvgIpc) is 3.02. The van der Waals surface area contributed by atoms with Crippen molar-refractivity contribution in [2.24, 2.45) is 11.8 Å². The van der Waals surface area contributed by atoms with E-state index in [0.717, 1.165) is 23.8 Å². The van der Waals surface area contributed by atoms with Gasteiger partial charge in [-0.3, -0.25) is 4.79 Å². The Balaban J connectivity index is 1.53. The standard InChI is InChI=1S/C17H23NO/c1-2-12-3-5-13(6-4-12)11-17(19)18-16-10-14-7-8-15(16)9-14/h3-6,14-16H,2,7-11H2,1H3,(H,18,19)/t14-,15+,16-/m0/s1. The Hall–Kier alpha value is -1.31. The zero-order chi connectivity index (χ0) is 13.2. The predicted octanol–water partition coefficient (Wildman–Crippen LogP) is 3.10. The van der Waals surface area contributed by atoms with Crippen molar-refractivity contribution in [3.8, 4) is 0 Å². The molecule has 0 aliphatic heterocycles. The molecule has 2 heteroatoms. The van der Waals surface area contributed by atoms with Crippen molar-refractivity contribution < 1.29 is 4.79 Å². The molecule has 1 aromatic rings. The number of aryl methyl sites for hydroxylation is 1. The van der Waals surface area contributed by atoms with Crippen LogP contribution in [0.1, 0.15) is 43.7 Å². The predicted molar refractivity (Wildman–Crippen MR) is 76.9 cm³/mol. The molecule has 0 heterocycles. The molecule has 2 nitrogen and oxygen atoms in total. The monoisotopic (exact) mass is 257 g/mol. The van der Waals surface area contributed by atoms with E-state index in [-0.39, 0.29) is 5.91 Å². The molecule has 2 bridgehead atoms. The Morgan fingerprint density at radius 2 is 1.89 bits per heavy atom. The summed E-state index contributed by atoms with van der Waals surface area (Å²) in [5.74, 6) is 1.84. The maximum Gasteiger partial charge on any atom is 0.224 e. The van der Waals surface area contributed by atoms with Gasteiger partial charge in [0.1, 0.15) is 0 Å². The summed E-state index contributed by atoms with van der Waals surface area (Å²) in [6.07, 6.45) is 6.84. The number of fused-ring (bicyclic) bond motifs is 2. The topological polar surface area (TPSA) is 29.1 Å². The summed E-state index contributed by atoms with van der Waals surface area (Å²) in [6.45, 7) is 2.15. The van der Waals surface area contributed by atoms with E-state index >= 15 is 0 Å². The number of hydrogen-bond donors (Lipinski definition) is 1. The van der Waals surface area contributed by atoms with E-state index in [1.54, 1.807) is 0 Å². The molecule has 2 fully saturated rings. The molecule has 2 saturated carbocycles. The zero-order valence-electron chi connectivity index (χ0n) is 11.7. The number of amides is 1. The lowest BCUT2D eigenvalue weighted by atomic mass is 9.95. The van der Waals surface area contributed by atoms with Crippen molar-refractivity contribution in [2.75, 3.05) is 0 Å². The molecule has 1 amide bonds. The van der Waals surface area contributed by atoms with Gasteiger partial charge >= 0.3 is 0 Å². The number of hydrogen-bond acceptors (Lipinski definition) is 1. The molecule has 0 spiro atoms. The average molecular weight is 257 g/mol. The molecule has 0 saturated heterocycles. The molecular weight excluding hydrogens is 234 g/mol. The van der Waals surface area contributed by atoms with E-state index in [9.17, 15) is 4.79 Å². The van der Waals surface area contributed by atoms with Crippen LogP contribution in [0.5, 0.6) is 0 Å². The van der Waals surface area contributed by atoms with E-state index in [4.69, 9.17) is 0 Å². The number of rotatable bonds is 4. The highest BCUT2D eigenvalue weighted by Crippen LogP contribution is 2.44. The van der Waals surface area contributed by atoms with Gasteiger partial charge in [-0.25, -0.2) is 0 Å². The number of benzene rings is 1. The highest BCUT2D eigenvalue weighted by Gasteiger charge is 2.39. The minimum atomic E-state index is 0.196. The van der Waals surface area contributed by atoms with Gasteiger partial charge in [0.15, 0.2) is 0 Å². The van der Waals surface area contributed by atoms with Gasteiger partial charge in [0, 0.05) is 6.04 Å². The van der Waals surface area contributed by atoms with Crippen LogP contribution in [0.2, 0.25) is 0 Å². The Morgan fingerprint density at radius 3 is 2.47 bits per heavy atom. The largest absolute Gasteiger partial charge is 0.353 e. The molecule has 3 rings (SSSR count). The fraction of sp³-hybridized carbons (Fsp3) is 0.588. The van der Waals surface area contributed by atoms with Gasteiger partial charge in [0.25, 0.3) is 0 Å². The summed E-state index contributed by atoms with van der Waals surface area (Å²) >= 11 is 0. The molecule has 0 unspecified atom stereocenters. The maximum atomic E-state index is 12.1. The van der Waals surface area contributed by atoms with Crippen LogP contribution in [0.15, 0.2) is 24.3 Å². The van der Waals surface area contributed by atoms with E-state index in [1.807, 2.05) is 0 Å². The quantitative estimate of drug-likeness (QED) is 0.882. The second-order valence-corrected chi connectivity index (χ2v) is 6.20. The summed E-state index contributed by atoms with van der Waals surface area (Å²) in [5.41, 5.74) is 2.45. The summed E-state index contributed by atoms with van der Waals surface area (Å²) in [4.78, 5) is 12.1. The summed E-state index contributed by atoms with van der Waals surface area (Å²) in [7, 11) is 0. The van der Waals surface area contributed by atoms with Gasteiger partial charge in [-0.1, -0.05) is 37.6 Å². The molecule has 1 aromatic carbocycles. The molecule has 1 N–H and O–H groups in total. The SMILES string of the molecule is CCc1ccc(CC(=O)N[C@H]2C[C@H]3CC[C@@H]2C3)cc1. The van der Waals surface area contributed by atoms with Crippen LogP contribution >= 0.6 is 0 Å². The van der Waals surface area contributed by atoms with Gasteiger partial charge in [-0.2, -0.15) is 0 Å². The lowest BCUT2D eigenvalue weighted by molar-refractivity contribution is -0.121. The zero-order valence-corrected chi connectivity index (χ0v) is 11.7. The van der Waals surface area contributed by atoms with Crippen LogP contribution in [0.4, 0.5) is 0 Å². The van der Waals surface area contributed by atoms with Crippen LogP contribution in [-0.4, -0.2) is 11.9 Å². The number of carbonyl (C=O) groups is 1. The van der Waals surface area contributed by atoms with E-state index in [2.05, 4.69) is 36.5 Å². The van der Waals surface area contributed by atoms with Gasteiger partial charge in [0.05, 0.1) is 6.42 Å². The second-order valence-electron chi connectivity index (χ2n) is 6.20.